The maximum atomic E-state index is 12.3. The van der Waals surface area contributed by atoms with Crippen molar-refractivity contribution in [3.05, 3.63) is 59.9 Å². The molecule has 0 bridgehead atoms. The first-order valence-corrected chi connectivity index (χ1v) is 7.78. The maximum Gasteiger partial charge on any atom is 0.328 e. The van der Waals surface area contributed by atoms with Crippen molar-refractivity contribution in [3.63, 3.8) is 0 Å². The number of hydrogen-bond donors (Lipinski definition) is 2. The van der Waals surface area contributed by atoms with E-state index >= 15 is 0 Å². The Morgan fingerprint density at radius 1 is 1.36 bits per heavy atom. The first-order chi connectivity index (χ1) is 11.9. The Labute approximate surface area is 145 Å². The van der Waals surface area contributed by atoms with Crippen molar-refractivity contribution in [1.82, 2.24) is 15.1 Å². The number of aliphatic carboxylic acids is 1. The topological polar surface area (TPSA) is 93.5 Å². The largest absolute Gasteiger partial charge is 0.480 e. The van der Waals surface area contributed by atoms with Gasteiger partial charge in [-0.3, -0.25) is 4.79 Å². The third kappa shape index (κ3) is 4.77. The molecule has 1 amide bonds. The summed E-state index contributed by atoms with van der Waals surface area (Å²) in [5.74, 6) is -1.74. The number of nitrogens with one attached hydrogen (secondary N) is 1. The fraction of sp³-hybridized carbons (Fsp3) is 0.278. The second-order valence-corrected chi connectivity index (χ2v) is 5.61. The minimum atomic E-state index is -1.17. The van der Waals surface area contributed by atoms with E-state index in [0.717, 1.165) is 16.9 Å². The van der Waals surface area contributed by atoms with Gasteiger partial charge in [0.05, 0.1) is 18.9 Å². The zero-order valence-corrected chi connectivity index (χ0v) is 14.2. The zero-order chi connectivity index (χ0) is 18.4. The standard InChI is InChI=1S/C18H21N3O4/c1-4-9-25-11-16(18(23)24)19-17(22)15-10-13(3)21(20-15)14-7-5-12(2)6-8-14/h4-8,10,16H,1,9,11H2,2-3H3,(H,19,22)(H,23,24). The number of carbonyl (C=O) groups excluding carboxylic acids is 1. The second kappa shape index (κ2) is 8.25. The first-order valence-electron chi connectivity index (χ1n) is 7.78. The molecule has 25 heavy (non-hydrogen) atoms. The molecule has 2 N–H and O–H groups in total. The van der Waals surface area contributed by atoms with E-state index < -0.39 is 17.9 Å². The van der Waals surface area contributed by atoms with Gasteiger partial charge in [-0.1, -0.05) is 23.8 Å². The molecule has 0 fully saturated rings. The third-order valence-electron chi connectivity index (χ3n) is 3.52. The number of rotatable bonds is 8. The minimum Gasteiger partial charge on any atom is -0.480 e. The molecule has 1 unspecified atom stereocenters. The van der Waals surface area contributed by atoms with Crippen LogP contribution in [0.5, 0.6) is 0 Å². The lowest BCUT2D eigenvalue weighted by Gasteiger charge is -2.13. The highest BCUT2D eigenvalue weighted by molar-refractivity contribution is 5.95. The van der Waals surface area contributed by atoms with E-state index in [4.69, 9.17) is 4.74 Å². The Kier molecular flexibility index (Phi) is 6.08. The van der Waals surface area contributed by atoms with E-state index in [9.17, 15) is 14.7 Å². The Morgan fingerprint density at radius 2 is 2.04 bits per heavy atom. The van der Waals surface area contributed by atoms with E-state index in [-0.39, 0.29) is 18.9 Å². The van der Waals surface area contributed by atoms with Crippen LogP contribution in [0.25, 0.3) is 5.69 Å². The third-order valence-corrected chi connectivity index (χ3v) is 3.52. The highest BCUT2D eigenvalue weighted by Crippen LogP contribution is 2.13. The van der Waals surface area contributed by atoms with Gasteiger partial charge in [0.2, 0.25) is 0 Å². The van der Waals surface area contributed by atoms with Crippen LogP contribution in [0.4, 0.5) is 0 Å². The van der Waals surface area contributed by atoms with Crippen LogP contribution in [-0.4, -0.2) is 46.0 Å². The molecule has 0 spiro atoms. The summed E-state index contributed by atoms with van der Waals surface area (Å²) < 4.78 is 6.75. The van der Waals surface area contributed by atoms with E-state index in [1.165, 1.54) is 6.08 Å². The van der Waals surface area contributed by atoms with Crippen LogP contribution in [-0.2, 0) is 9.53 Å². The van der Waals surface area contributed by atoms with Crippen LogP contribution in [0.3, 0.4) is 0 Å². The van der Waals surface area contributed by atoms with Gasteiger partial charge in [0.25, 0.3) is 5.91 Å². The monoisotopic (exact) mass is 343 g/mol. The molecule has 2 aromatic rings. The van der Waals surface area contributed by atoms with Gasteiger partial charge in [-0.2, -0.15) is 5.10 Å². The van der Waals surface area contributed by atoms with Crippen molar-refractivity contribution in [2.45, 2.75) is 19.9 Å². The van der Waals surface area contributed by atoms with E-state index in [1.54, 1.807) is 10.7 Å². The average molecular weight is 343 g/mol. The van der Waals surface area contributed by atoms with E-state index in [2.05, 4.69) is 17.0 Å². The van der Waals surface area contributed by atoms with Crippen molar-refractivity contribution in [2.24, 2.45) is 0 Å². The van der Waals surface area contributed by atoms with Crippen LogP contribution < -0.4 is 5.32 Å². The summed E-state index contributed by atoms with van der Waals surface area (Å²) >= 11 is 0. The second-order valence-electron chi connectivity index (χ2n) is 5.61. The smallest absolute Gasteiger partial charge is 0.328 e. The number of carboxylic acids is 1. The molecular weight excluding hydrogens is 322 g/mol. The Balaban J connectivity index is 2.13. The van der Waals surface area contributed by atoms with Gasteiger partial charge in [-0.15, -0.1) is 6.58 Å². The Hall–Kier alpha value is -2.93. The highest BCUT2D eigenvalue weighted by atomic mass is 16.5. The van der Waals surface area contributed by atoms with Crippen molar-refractivity contribution in [2.75, 3.05) is 13.2 Å². The average Bonchev–Trinajstić information content (AvgIpc) is 2.96. The van der Waals surface area contributed by atoms with Crippen LogP contribution >= 0.6 is 0 Å². The van der Waals surface area contributed by atoms with Gasteiger partial charge in [0, 0.05) is 5.69 Å². The number of carboxylic acid groups (broad SMARTS) is 1. The van der Waals surface area contributed by atoms with Crippen LogP contribution in [0.1, 0.15) is 21.7 Å². The SMILES string of the molecule is C=CCOCC(NC(=O)c1cc(C)n(-c2ccc(C)cc2)n1)C(=O)O. The van der Waals surface area contributed by atoms with Crippen LogP contribution in [0.2, 0.25) is 0 Å². The molecule has 1 heterocycles. The number of nitrogens with zero attached hydrogens (tertiary/aromatic N) is 2. The number of aryl methyl sites for hydroxylation is 2. The summed E-state index contributed by atoms with van der Waals surface area (Å²) in [5.41, 5.74) is 2.86. The number of aromatic nitrogens is 2. The molecule has 7 heteroatoms. The molecule has 0 saturated carbocycles. The summed E-state index contributed by atoms with van der Waals surface area (Å²) in [7, 11) is 0. The number of hydrogen-bond acceptors (Lipinski definition) is 4. The number of benzene rings is 1. The fourth-order valence-corrected chi connectivity index (χ4v) is 2.21. The Bertz CT molecular complexity index is 765. The zero-order valence-electron chi connectivity index (χ0n) is 14.2. The molecule has 0 aliphatic carbocycles. The van der Waals surface area contributed by atoms with E-state index in [0.29, 0.717) is 0 Å². The van der Waals surface area contributed by atoms with Crippen LogP contribution in [0.15, 0.2) is 43.0 Å². The number of carbonyl (C=O) groups is 2. The van der Waals surface area contributed by atoms with E-state index in [1.807, 2.05) is 38.1 Å². The summed E-state index contributed by atoms with van der Waals surface area (Å²) in [6.45, 7) is 7.36. The van der Waals surface area contributed by atoms with Crippen molar-refractivity contribution >= 4 is 11.9 Å². The minimum absolute atomic E-state index is 0.146. The molecule has 7 nitrogen and oxygen atoms in total. The van der Waals surface area contributed by atoms with Gasteiger partial charge in [-0.25, -0.2) is 9.48 Å². The van der Waals surface area contributed by atoms with Gasteiger partial charge >= 0.3 is 5.97 Å². The normalized spacial score (nSPS) is 11.8. The summed E-state index contributed by atoms with van der Waals surface area (Å²) in [6.07, 6.45) is 1.51. The predicted octanol–water partition coefficient (Wildman–Crippen LogP) is 1.87. The molecule has 0 radical (unpaired) electrons. The van der Waals surface area contributed by atoms with Gasteiger partial charge in [0.1, 0.15) is 0 Å². The fourth-order valence-electron chi connectivity index (χ4n) is 2.21. The predicted molar refractivity (Wildman–Crippen MR) is 92.9 cm³/mol. The lowest BCUT2D eigenvalue weighted by molar-refractivity contribution is -0.140. The molecule has 0 saturated heterocycles. The molecular formula is C18H21N3O4. The molecule has 132 valence electrons. The van der Waals surface area contributed by atoms with Crippen molar-refractivity contribution in [1.29, 1.82) is 0 Å². The number of amides is 1. The highest BCUT2D eigenvalue weighted by Gasteiger charge is 2.22. The molecule has 0 aliphatic heterocycles. The lowest BCUT2D eigenvalue weighted by atomic mass is 10.2. The lowest BCUT2D eigenvalue weighted by Crippen LogP contribution is -2.44. The maximum absolute atomic E-state index is 12.3. The molecule has 1 atom stereocenters. The van der Waals surface area contributed by atoms with Crippen molar-refractivity contribution < 1.29 is 19.4 Å². The first kappa shape index (κ1) is 18.4. The summed E-state index contributed by atoms with van der Waals surface area (Å²) in [6, 6.07) is 8.16. The molecule has 2 rings (SSSR count). The quantitative estimate of drug-likeness (QED) is 0.564. The van der Waals surface area contributed by atoms with Gasteiger partial charge in [-0.05, 0) is 32.0 Å². The molecule has 0 aliphatic rings. The molecule has 1 aromatic carbocycles. The number of ether oxygens (including phenoxy) is 1. The molecule has 1 aromatic heterocycles. The van der Waals surface area contributed by atoms with Crippen LogP contribution in [0, 0.1) is 13.8 Å². The van der Waals surface area contributed by atoms with Gasteiger partial charge in [0.15, 0.2) is 11.7 Å². The summed E-state index contributed by atoms with van der Waals surface area (Å²) in [5, 5.41) is 15.9. The van der Waals surface area contributed by atoms with Crippen molar-refractivity contribution in [3.8, 4) is 5.69 Å². The summed E-state index contributed by atoms with van der Waals surface area (Å²) in [4.78, 5) is 23.6. The van der Waals surface area contributed by atoms with Gasteiger partial charge < -0.3 is 15.2 Å². The Morgan fingerprint density at radius 3 is 2.64 bits per heavy atom.